The minimum Gasteiger partial charge on any atom is -0.459 e. The van der Waals surface area contributed by atoms with E-state index >= 15 is 0 Å². The molecule has 0 unspecified atom stereocenters. The molecule has 8 aliphatic rings. The molecule has 0 aromatic heterocycles. The molecule has 21 heteroatoms. The fourth-order valence-electron chi connectivity index (χ4n) is 14.9. The summed E-state index contributed by atoms with van der Waals surface area (Å²) in [6.07, 6.45) is -8.06. The first-order chi connectivity index (χ1) is 37.4. The van der Waals surface area contributed by atoms with Crippen LogP contribution in [0.3, 0.4) is 0 Å². The standard InChI is InChI=1S/C58H92O21/c1-14-27(3)52(64)72-29(5)35-19-21-58(66)36-17-16-33-22-34(18-20-56(33,9)37(36)23-41(57(35,58)10)76-53(65)28(4)15-2)74-42-24-38(67-11)48(30(6)70-42)77-43-25-39(68-12)49(31(7)71-43)78-55-47(63)51(69-13)50(32(8)73-55)79-54-46(62)45(61)44(60)40(26-59)75-54/h14-16,29-32,34-51,54-55,59-63,66H,17-26H2,1-13H3/b27-14+,28-15+/t29-,30+,31+,32+,34-,35+,36+,37-,38-,39-,40+,41+,42-,43-,44+,45-,46+,47+,48-,49-,50+,51+,54-,55-,56-,57-,58-/m0/s1. The fourth-order valence-corrected chi connectivity index (χ4v) is 14.9. The smallest absolute Gasteiger partial charge is 0.333 e. The van der Waals surface area contributed by atoms with Gasteiger partial charge in [-0.15, -0.1) is 0 Å². The van der Waals surface area contributed by atoms with Crippen molar-refractivity contribution in [2.24, 2.45) is 28.6 Å². The average molecular weight is 1130 g/mol. The van der Waals surface area contributed by atoms with Crippen LogP contribution in [0, 0.1) is 28.6 Å². The Morgan fingerprint density at radius 3 is 1.89 bits per heavy atom. The van der Waals surface area contributed by atoms with Gasteiger partial charge in [-0.05, 0) is 118 Å². The summed E-state index contributed by atoms with van der Waals surface area (Å²) in [5.74, 6) is -1.11. The molecule has 0 radical (unpaired) electrons. The average Bonchev–Trinajstić information content (AvgIpc) is 3.60. The number of carbonyl (C=O) groups excluding carboxylic acids is 2. The Kier molecular flexibility index (Phi) is 20.1. The molecule has 27 atom stereocenters. The second-order valence-corrected chi connectivity index (χ2v) is 24.1. The van der Waals surface area contributed by atoms with Crippen molar-refractivity contribution >= 4 is 11.9 Å². The maximum atomic E-state index is 13.7. The van der Waals surface area contributed by atoms with E-state index in [1.165, 1.54) is 12.7 Å². The Bertz CT molecular complexity index is 2190. The summed E-state index contributed by atoms with van der Waals surface area (Å²) in [5, 5.41) is 65.7. The highest BCUT2D eigenvalue weighted by Crippen LogP contribution is 2.69. The minimum atomic E-state index is -1.67. The summed E-state index contributed by atoms with van der Waals surface area (Å²) in [7, 11) is 4.56. The normalized spacial score (nSPS) is 48.0. The van der Waals surface area contributed by atoms with Crippen LogP contribution in [0.2, 0.25) is 0 Å². The summed E-state index contributed by atoms with van der Waals surface area (Å²) in [5.41, 5.74) is -0.0544. The number of allylic oxidation sites excluding steroid dienone is 3. The Balaban J connectivity index is 0.878. The Labute approximate surface area is 465 Å². The van der Waals surface area contributed by atoms with Crippen molar-refractivity contribution in [1.82, 2.24) is 0 Å². The lowest BCUT2D eigenvalue weighted by Crippen LogP contribution is -2.67. The van der Waals surface area contributed by atoms with E-state index in [0.717, 1.165) is 12.8 Å². The maximum absolute atomic E-state index is 13.7. The molecule has 3 saturated carbocycles. The zero-order valence-corrected chi connectivity index (χ0v) is 48.5. The largest absolute Gasteiger partial charge is 0.459 e. The van der Waals surface area contributed by atoms with Crippen molar-refractivity contribution in [3.8, 4) is 0 Å². The molecule has 0 aromatic carbocycles. The summed E-state index contributed by atoms with van der Waals surface area (Å²) in [6.45, 7) is 18.1. The lowest BCUT2D eigenvalue weighted by Gasteiger charge is -2.63. The van der Waals surface area contributed by atoms with E-state index in [1.807, 2.05) is 27.7 Å². The third-order valence-corrected chi connectivity index (χ3v) is 20.0. The van der Waals surface area contributed by atoms with Gasteiger partial charge in [0.05, 0.1) is 48.8 Å². The van der Waals surface area contributed by atoms with Gasteiger partial charge in [0.2, 0.25) is 0 Å². The van der Waals surface area contributed by atoms with E-state index in [2.05, 4.69) is 19.9 Å². The van der Waals surface area contributed by atoms with Gasteiger partial charge >= 0.3 is 11.9 Å². The van der Waals surface area contributed by atoms with Crippen LogP contribution in [0.1, 0.15) is 127 Å². The molecule has 4 heterocycles. The van der Waals surface area contributed by atoms with Gasteiger partial charge in [-0.25, -0.2) is 9.59 Å². The number of fused-ring (bicyclic) bond motifs is 5. The number of hydrogen-bond donors (Lipinski definition) is 6. The molecule has 4 saturated heterocycles. The number of aliphatic hydroxyl groups excluding tert-OH is 5. The third kappa shape index (κ3) is 11.8. The van der Waals surface area contributed by atoms with E-state index in [1.54, 1.807) is 54.1 Å². The highest BCUT2D eigenvalue weighted by atomic mass is 16.8. The van der Waals surface area contributed by atoms with Crippen LogP contribution in [0.4, 0.5) is 0 Å². The molecule has 4 aliphatic heterocycles. The number of carbonyl (C=O) groups is 2. The Morgan fingerprint density at radius 2 is 1.28 bits per heavy atom. The van der Waals surface area contributed by atoms with E-state index in [4.69, 9.17) is 61.6 Å². The molecule has 4 aliphatic carbocycles. The predicted octanol–water partition coefficient (Wildman–Crippen LogP) is 3.83. The monoisotopic (exact) mass is 1120 g/mol. The van der Waals surface area contributed by atoms with E-state index in [0.29, 0.717) is 49.7 Å². The van der Waals surface area contributed by atoms with Gasteiger partial charge < -0.3 is 92.2 Å². The molecular formula is C58H92O21. The maximum Gasteiger partial charge on any atom is 0.333 e. The van der Waals surface area contributed by atoms with Crippen LogP contribution >= 0.6 is 0 Å². The lowest BCUT2D eigenvalue weighted by molar-refractivity contribution is -0.373. The molecule has 0 spiro atoms. The first-order valence-corrected chi connectivity index (χ1v) is 28.7. The molecule has 0 amide bonds. The molecule has 6 N–H and O–H groups in total. The molecule has 21 nitrogen and oxygen atoms in total. The third-order valence-electron chi connectivity index (χ3n) is 20.0. The molecule has 0 aromatic rings. The zero-order valence-electron chi connectivity index (χ0n) is 48.5. The van der Waals surface area contributed by atoms with Gasteiger partial charge in [0, 0.05) is 56.7 Å². The van der Waals surface area contributed by atoms with Gasteiger partial charge in [-0.2, -0.15) is 0 Å². The quantitative estimate of drug-likeness (QED) is 0.0686. The number of methoxy groups -OCH3 is 3. The number of rotatable bonds is 17. The van der Waals surface area contributed by atoms with Crippen LogP contribution in [-0.4, -0.2) is 205 Å². The molecule has 7 fully saturated rings. The van der Waals surface area contributed by atoms with Crippen molar-refractivity contribution in [2.45, 2.75) is 262 Å². The summed E-state index contributed by atoms with van der Waals surface area (Å²) in [6, 6.07) is 0. The van der Waals surface area contributed by atoms with Crippen LogP contribution in [0.25, 0.3) is 0 Å². The summed E-state index contributed by atoms with van der Waals surface area (Å²) < 4.78 is 80.8. The van der Waals surface area contributed by atoms with Crippen molar-refractivity contribution < 1.29 is 102 Å². The SMILES string of the molecule is C/C=C(\C)C(=O)O[C@@H](C)[C@H]1CC[C@]2(O)[C@@H]3CC=C4C[C@@H](O[C@H]5C[C@H](OC)[C@@H](O[C@H]6C[C@H](OC)[C@@H](O[C@@H]7O[C@H](C)[C@@H](O[C@@H]8O[C@H](CO)[C@@H](O)[C@H](O)[C@H]8O)[C@H](OC)[C@H]7O)[C@@H](C)O6)[C@@H](C)O5)CC[C@]4(C)[C@H]3C[C@@H](OC(=O)/C(C)=C/C)[C@]12C. The Hall–Kier alpha value is -2.52. The highest BCUT2D eigenvalue weighted by Gasteiger charge is 2.72. The Morgan fingerprint density at radius 1 is 0.696 bits per heavy atom. The first-order valence-electron chi connectivity index (χ1n) is 28.7. The molecule has 0 bridgehead atoms. The van der Waals surface area contributed by atoms with Gasteiger partial charge in [0.1, 0.15) is 67.1 Å². The first kappa shape index (κ1) is 62.5. The van der Waals surface area contributed by atoms with Gasteiger partial charge in [-0.1, -0.05) is 37.6 Å². The second kappa shape index (κ2) is 25.4. The predicted molar refractivity (Wildman–Crippen MR) is 280 cm³/mol. The topological polar surface area (TPSA) is 276 Å². The van der Waals surface area contributed by atoms with E-state index in [-0.39, 0.29) is 41.7 Å². The van der Waals surface area contributed by atoms with Crippen LogP contribution in [-0.2, 0) is 71.2 Å². The van der Waals surface area contributed by atoms with Crippen molar-refractivity contribution in [1.29, 1.82) is 0 Å². The summed E-state index contributed by atoms with van der Waals surface area (Å²) >= 11 is 0. The van der Waals surface area contributed by atoms with Crippen LogP contribution in [0.15, 0.2) is 34.9 Å². The van der Waals surface area contributed by atoms with Crippen molar-refractivity contribution in [3.05, 3.63) is 34.9 Å². The molecule has 79 heavy (non-hydrogen) atoms. The summed E-state index contributed by atoms with van der Waals surface area (Å²) in [4.78, 5) is 26.7. The van der Waals surface area contributed by atoms with Gasteiger partial charge in [0.25, 0.3) is 0 Å². The minimum absolute atomic E-state index is 0.0192. The van der Waals surface area contributed by atoms with Crippen LogP contribution < -0.4 is 0 Å². The fraction of sp³-hybridized carbons (Fsp3) is 0.862. The number of ether oxygens (including phenoxy) is 13. The van der Waals surface area contributed by atoms with Crippen molar-refractivity contribution in [2.75, 3.05) is 27.9 Å². The second-order valence-electron chi connectivity index (χ2n) is 24.1. The molecule has 8 rings (SSSR count). The number of aliphatic hydroxyl groups is 6. The van der Waals surface area contributed by atoms with E-state index < -0.39 is 146 Å². The zero-order chi connectivity index (χ0) is 57.6. The number of hydrogen-bond acceptors (Lipinski definition) is 21. The molecule has 450 valence electrons. The highest BCUT2D eigenvalue weighted by molar-refractivity contribution is 5.88. The van der Waals surface area contributed by atoms with Crippen molar-refractivity contribution in [3.63, 3.8) is 0 Å². The van der Waals surface area contributed by atoms with Gasteiger partial charge in [-0.3, -0.25) is 0 Å². The van der Waals surface area contributed by atoms with Gasteiger partial charge in [0.15, 0.2) is 25.2 Å². The number of esters is 2. The van der Waals surface area contributed by atoms with Crippen LogP contribution in [0.5, 0.6) is 0 Å². The molecular weight excluding hydrogens is 1030 g/mol. The van der Waals surface area contributed by atoms with E-state index in [9.17, 15) is 40.2 Å². The lowest BCUT2D eigenvalue weighted by atomic mass is 9.44.